The third-order valence-electron chi connectivity index (χ3n) is 2.55. The SMILES string of the molecule is [CH2]C(C)(C)Cc1cccc2ccccc12. The summed E-state index contributed by atoms with van der Waals surface area (Å²) < 4.78 is 0. The standard InChI is InChI=1S/C15H17/c1-15(2,3)11-13-9-6-8-12-7-4-5-10-14(12)13/h4-10H,1,11H2,2-3H3. The molecular weight excluding hydrogens is 180 g/mol. The molecule has 0 fully saturated rings. The van der Waals surface area contributed by atoms with Crippen LogP contribution in [0.3, 0.4) is 0 Å². The normalized spacial score (nSPS) is 11.9. The van der Waals surface area contributed by atoms with Crippen molar-refractivity contribution < 1.29 is 0 Å². The second-order valence-corrected chi connectivity index (χ2v) is 4.98. The molecule has 15 heavy (non-hydrogen) atoms. The van der Waals surface area contributed by atoms with Gasteiger partial charge in [0, 0.05) is 0 Å². The summed E-state index contributed by atoms with van der Waals surface area (Å²) in [5, 5.41) is 2.68. The van der Waals surface area contributed by atoms with Gasteiger partial charge in [0.2, 0.25) is 0 Å². The molecule has 0 aromatic heterocycles. The second kappa shape index (κ2) is 3.69. The summed E-state index contributed by atoms with van der Waals surface area (Å²) >= 11 is 0. The highest BCUT2D eigenvalue weighted by atomic mass is 14.2. The Morgan fingerprint density at radius 3 is 2.40 bits per heavy atom. The average molecular weight is 197 g/mol. The molecule has 77 valence electrons. The van der Waals surface area contributed by atoms with Crippen LogP contribution in [0.5, 0.6) is 0 Å². The fourth-order valence-corrected chi connectivity index (χ4v) is 1.96. The van der Waals surface area contributed by atoms with Crippen molar-refractivity contribution in [3.63, 3.8) is 0 Å². The molecule has 0 heterocycles. The van der Waals surface area contributed by atoms with Crippen molar-refractivity contribution >= 4 is 10.8 Å². The van der Waals surface area contributed by atoms with Crippen molar-refractivity contribution in [3.05, 3.63) is 55.0 Å². The Morgan fingerprint density at radius 2 is 1.67 bits per heavy atom. The topological polar surface area (TPSA) is 0 Å². The van der Waals surface area contributed by atoms with Crippen LogP contribution >= 0.6 is 0 Å². The van der Waals surface area contributed by atoms with Gasteiger partial charge >= 0.3 is 0 Å². The molecule has 2 aromatic rings. The molecule has 0 amide bonds. The first-order chi connectivity index (χ1) is 7.06. The van der Waals surface area contributed by atoms with Crippen LogP contribution in [0.4, 0.5) is 0 Å². The van der Waals surface area contributed by atoms with Gasteiger partial charge < -0.3 is 0 Å². The summed E-state index contributed by atoms with van der Waals surface area (Å²) in [5.41, 5.74) is 1.50. The van der Waals surface area contributed by atoms with Crippen molar-refractivity contribution in [2.24, 2.45) is 5.41 Å². The maximum atomic E-state index is 4.17. The van der Waals surface area contributed by atoms with Crippen molar-refractivity contribution in [1.29, 1.82) is 0 Å². The zero-order valence-electron chi connectivity index (χ0n) is 9.46. The highest BCUT2D eigenvalue weighted by Crippen LogP contribution is 2.25. The first-order valence-corrected chi connectivity index (χ1v) is 5.38. The zero-order valence-corrected chi connectivity index (χ0v) is 9.46. The Bertz CT molecular complexity index is 455. The number of benzene rings is 2. The van der Waals surface area contributed by atoms with Gasteiger partial charge in [-0.25, -0.2) is 0 Å². The van der Waals surface area contributed by atoms with Gasteiger partial charge in [-0.3, -0.25) is 0 Å². The molecule has 2 rings (SSSR count). The van der Waals surface area contributed by atoms with Crippen LogP contribution in [-0.4, -0.2) is 0 Å². The molecule has 2 aromatic carbocycles. The molecule has 0 atom stereocenters. The molecule has 0 heteroatoms. The maximum Gasteiger partial charge on any atom is -0.0152 e. The summed E-state index contributed by atoms with van der Waals surface area (Å²) in [6, 6.07) is 15.0. The monoisotopic (exact) mass is 197 g/mol. The highest BCUT2D eigenvalue weighted by molar-refractivity contribution is 5.85. The van der Waals surface area contributed by atoms with Gasteiger partial charge in [0.1, 0.15) is 0 Å². The number of fused-ring (bicyclic) bond motifs is 1. The van der Waals surface area contributed by atoms with Crippen molar-refractivity contribution in [1.82, 2.24) is 0 Å². The Kier molecular flexibility index (Phi) is 2.52. The fourth-order valence-electron chi connectivity index (χ4n) is 1.96. The first kappa shape index (κ1) is 10.2. The van der Waals surface area contributed by atoms with E-state index in [0.717, 1.165) is 6.42 Å². The van der Waals surface area contributed by atoms with Gasteiger partial charge in [0.25, 0.3) is 0 Å². The minimum Gasteiger partial charge on any atom is -0.0616 e. The molecule has 0 saturated carbocycles. The van der Waals surface area contributed by atoms with Crippen LogP contribution in [-0.2, 0) is 6.42 Å². The van der Waals surface area contributed by atoms with Crippen molar-refractivity contribution in [2.75, 3.05) is 0 Å². The van der Waals surface area contributed by atoms with E-state index >= 15 is 0 Å². The Morgan fingerprint density at radius 1 is 1.00 bits per heavy atom. The average Bonchev–Trinajstić information content (AvgIpc) is 2.16. The molecule has 0 nitrogen and oxygen atoms in total. The molecule has 0 aliphatic carbocycles. The Hall–Kier alpha value is -1.30. The smallest absolute Gasteiger partial charge is 0.0152 e. The van der Waals surface area contributed by atoms with Gasteiger partial charge in [-0.15, -0.1) is 0 Å². The molecule has 0 bridgehead atoms. The van der Waals surface area contributed by atoms with Crippen LogP contribution in [0.25, 0.3) is 10.8 Å². The Labute approximate surface area is 91.9 Å². The van der Waals surface area contributed by atoms with E-state index < -0.39 is 0 Å². The lowest BCUT2D eigenvalue weighted by Crippen LogP contribution is -2.09. The van der Waals surface area contributed by atoms with E-state index in [1.165, 1.54) is 16.3 Å². The van der Waals surface area contributed by atoms with Gasteiger partial charge in [0.05, 0.1) is 0 Å². The van der Waals surface area contributed by atoms with Crippen LogP contribution in [0.1, 0.15) is 19.4 Å². The number of hydrogen-bond acceptors (Lipinski definition) is 0. The third kappa shape index (κ3) is 2.38. The predicted octanol–water partition coefficient (Wildman–Crippen LogP) is 4.24. The van der Waals surface area contributed by atoms with E-state index in [1.54, 1.807) is 0 Å². The Balaban J connectivity index is 2.52. The van der Waals surface area contributed by atoms with Crippen LogP contribution < -0.4 is 0 Å². The van der Waals surface area contributed by atoms with Crippen LogP contribution in [0, 0.1) is 12.3 Å². The number of hydrogen-bond donors (Lipinski definition) is 0. The largest absolute Gasteiger partial charge is 0.0616 e. The predicted molar refractivity (Wildman–Crippen MR) is 66.8 cm³/mol. The van der Waals surface area contributed by atoms with E-state index in [-0.39, 0.29) is 5.41 Å². The molecule has 0 unspecified atom stereocenters. The summed E-state index contributed by atoms with van der Waals surface area (Å²) in [6.45, 7) is 8.52. The molecule has 0 saturated heterocycles. The van der Waals surface area contributed by atoms with E-state index in [1.807, 2.05) is 0 Å². The molecule has 1 radical (unpaired) electrons. The number of rotatable bonds is 2. The van der Waals surface area contributed by atoms with Crippen LogP contribution in [0.15, 0.2) is 42.5 Å². The van der Waals surface area contributed by atoms with Crippen LogP contribution in [0.2, 0.25) is 0 Å². The van der Waals surface area contributed by atoms with Crippen molar-refractivity contribution in [2.45, 2.75) is 20.3 Å². The minimum absolute atomic E-state index is 0.101. The van der Waals surface area contributed by atoms with E-state index in [4.69, 9.17) is 0 Å². The summed E-state index contributed by atoms with van der Waals surface area (Å²) in [4.78, 5) is 0. The molecule has 0 aliphatic rings. The second-order valence-electron chi connectivity index (χ2n) is 4.98. The van der Waals surface area contributed by atoms with E-state index in [9.17, 15) is 0 Å². The van der Waals surface area contributed by atoms with Gasteiger partial charge in [-0.1, -0.05) is 56.3 Å². The maximum absolute atomic E-state index is 4.17. The summed E-state index contributed by atoms with van der Waals surface area (Å²) in [5.74, 6) is 0. The molecule has 0 aliphatic heterocycles. The van der Waals surface area contributed by atoms with E-state index in [0.29, 0.717) is 0 Å². The van der Waals surface area contributed by atoms with Gasteiger partial charge in [0.15, 0.2) is 0 Å². The van der Waals surface area contributed by atoms with Crippen molar-refractivity contribution in [3.8, 4) is 0 Å². The lowest BCUT2D eigenvalue weighted by molar-refractivity contribution is 0.474. The fraction of sp³-hybridized carbons (Fsp3) is 0.267. The van der Waals surface area contributed by atoms with Gasteiger partial charge in [-0.2, -0.15) is 0 Å². The lowest BCUT2D eigenvalue weighted by atomic mass is 9.86. The summed E-state index contributed by atoms with van der Waals surface area (Å²) in [6.07, 6.45) is 1.02. The molecular formula is C15H17. The molecule has 0 spiro atoms. The highest BCUT2D eigenvalue weighted by Gasteiger charge is 2.12. The third-order valence-corrected chi connectivity index (χ3v) is 2.55. The molecule has 0 N–H and O–H groups in total. The minimum atomic E-state index is 0.101. The van der Waals surface area contributed by atoms with E-state index in [2.05, 4.69) is 63.2 Å². The zero-order chi connectivity index (χ0) is 10.9. The quantitative estimate of drug-likeness (QED) is 0.675. The first-order valence-electron chi connectivity index (χ1n) is 5.38. The lowest BCUT2D eigenvalue weighted by Gasteiger charge is -2.19. The summed E-state index contributed by atoms with van der Waals surface area (Å²) in [7, 11) is 0. The van der Waals surface area contributed by atoms with Gasteiger partial charge in [-0.05, 0) is 35.1 Å².